The summed E-state index contributed by atoms with van der Waals surface area (Å²) in [6, 6.07) is 2.38. The smallest absolute Gasteiger partial charge is 0.344 e. The normalized spacial score (nSPS) is 11.8. The van der Waals surface area contributed by atoms with Crippen molar-refractivity contribution in [1.82, 2.24) is 0 Å². The molecule has 0 aliphatic heterocycles. The standard InChI is InChI=1S/C24H26O8/c1-2-3-4-5-6-7-8-9-10-30-16-12-14-18-17-13(23(28)32-22(18)20(16)27)11-15(25)19(26)21(17)31-24(14)29/h11-12,25-27H,2-10H2,1H3. The lowest BCUT2D eigenvalue weighted by Gasteiger charge is -2.13. The van der Waals surface area contributed by atoms with Gasteiger partial charge in [-0.25, -0.2) is 9.59 Å². The van der Waals surface area contributed by atoms with Crippen LogP contribution in [0.25, 0.3) is 32.7 Å². The minimum atomic E-state index is -0.858. The lowest BCUT2D eigenvalue weighted by atomic mass is 10.0. The molecule has 0 radical (unpaired) electrons. The third-order valence-electron chi connectivity index (χ3n) is 5.79. The minimum Gasteiger partial charge on any atom is -0.504 e. The van der Waals surface area contributed by atoms with Gasteiger partial charge in [0.1, 0.15) is 0 Å². The predicted molar refractivity (Wildman–Crippen MR) is 120 cm³/mol. The predicted octanol–water partition coefficient (Wildman–Crippen LogP) is 5.13. The Labute approximate surface area is 183 Å². The van der Waals surface area contributed by atoms with Crippen molar-refractivity contribution in [3.8, 4) is 23.0 Å². The van der Waals surface area contributed by atoms with E-state index in [2.05, 4.69) is 6.92 Å². The SMILES string of the molecule is CCCCCCCCCCOc1cc2c(=O)oc3c(O)c(O)cc4c(=O)oc(c1O)c2c34. The molecule has 0 unspecified atom stereocenters. The average Bonchev–Trinajstić information content (AvgIpc) is 2.77. The fraction of sp³-hybridized carbons (Fsp3) is 0.417. The number of phenols is 3. The zero-order valence-corrected chi connectivity index (χ0v) is 17.9. The van der Waals surface area contributed by atoms with E-state index in [-0.39, 0.29) is 38.5 Å². The summed E-state index contributed by atoms with van der Waals surface area (Å²) in [5, 5.41) is 30.8. The molecule has 32 heavy (non-hydrogen) atoms. The quantitative estimate of drug-likeness (QED) is 0.133. The van der Waals surface area contributed by atoms with Gasteiger partial charge in [0.15, 0.2) is 22.7 Å². The van der Waals surface area contributed by atoms with E-state index in [1.807, 2.05) is 0 Å². The largest absolute Gasteiger partial charge is 0.504 e. The first-order valence-corrected chi connectivity index (χ1v) is 11.0. The van der Waals surface area contributed by atoms with Gasteiger partial charge in [0, 0.05) is 10.8 Å². The molecule has 0 saturated carbocycles. The van der Waals surface area contributed by atoms with Crippen molar-refractivity contribution in [3.63, 3.8) is 0 Å². The summed E-state index contributed by atoms with van der Waals surface area (Å²) in [7, 11) is 0. The Morgan fingerprint density at radius 2 is 1.28 bits per heavy atom. The van der Waals surface area contributed by atoms with E-state index >= 15 is 0 Å². The number of phenolic OH excluding ortho intramolecular Hbond substituents is 3. The molecule has 2 aromatic heterocycles. The van der Waals surface area contributed by atoms with Crippen LogP contribution < -0.4 is 16.0 Å². The average molecular weight is 442 g/mol. The Bertz CT molecular complexity index is 1360. The van der Waals surface area contributed by atoms with Crippen LogP contribution in [0.1, 0.15) is 58.3 Å². The van der Waals surface area contributed by atoms with Crippen LogP contribution in [-0.2, 0) is 0 Å². The van der Waals surface area contributed by atoms with Crippen LogP contribution in [0, 0.1) is 0 Å². The molecule has 2 aromatic carbocycles. The molecule has 2 heterocycles. The van der Waals surface area contributed by atoms with Gasteiger partial charge in [-0.2, -0.15) is 0 Å². The van der Waals surface area contributed by atoms with Gasteiger partial charge in [-0.15, -0.1) is 0 Å². The molecule has 0 aliphatic rings. The summed E-state index contributed by atoms with van der Waals surface area (Å²) in [6.45, 7) is 2.52. The number of unbranched alkanes of at least 4 members (excludes halogenated alkanes) is 7. The number of hydrogen-bond acceptors (Lipinski definition) is 8. The highest BCUT2D eigenvalue weighted by Crippen LogP contribution is 2.44. The first-order chi connectivity index (χ1) is 15.4. The van der Waals surface area contributed by atoms with E-state index in [9.17, 15) is 24.9 Å². The van der Waals surface area contributed by atoms with E-state index in [4.69, 9.17) is 13.6 Å². The maximum Gasteiger partial charge on any atom is 0.344 e. The Kier molecular flexibility index (Phi) is 6.12. The molecule has 0 atom stereocenters. The summed E-state index contributed by atoms with van der Waals surface area (Å²) in [4.78, 5) is 25.0. The van der Waals surface area contributed by atoms with Crippen LogP contribution >= 0.6 is 0 Å². The maximum atomic E-state index is 12.6. The summed E-state index contributed by atoms with van der Waals surface area (Å²) in [5.41, 5.74) is -2.25. The minimum absolute atomic E-state index is 0.0151. The maximum absolute atomic E-state index is 12.6. The molecule has 4 rings (SSSR count). The second-order valence-corrected chi connectivity index (χ2v) is 8.07. The van der Waals surface area contributed by atoms with E-state index in [1.54, 1.807) is 0 Å². The van der Waals surface area contributed by atoms with Gasteiger partial charge >= 0.3 is 11.3 Å². The van der Waals surface area contributed by atoms with Crippen LogP contribution in [0.4, 0.5) is 0 Å². The Morgan fingerprint density at radius 3 is 1.91 bits per heavy atom. The van der Waals surface area contributed by atoms with Crippen LogP contribution in [0.5, 0.6) is 23.0 Å². The number of benzene rings is 2. The second-order valence-electron chi connectivity index (χ2n) is 8.07. The molecule has 170 valence electrons. The monoisotopic (exact) mass is 442 g/mol. The molecule has 0 spiro atoms. The molecule has 0 saturated heterocycles. The number of hydrogen-bond donors (Lipinski definition) is 3. The van der Waals surface area contributed by atoms with Crippen molar-refractivity contribution in [2.24, 2.45) is 0 Å². The van der Waals surface area contributed by atoms with Crippen molar-refractivity contribution in [2.75, 3.05) is 6.61 Å². The fourth-order valence-corrected chi connectivity index (χ4v) is 4.10. The molecular formula is C24H26O8. The highest BCUT2D eigenvalue weighted by Gasteiger charge is 2.25. The molecule has 0 fully saturated rings. The first kappa shape index (κ1) is 21.8. The molecule has 0 amide bonds. The van der Waals surface area contributed by atoms with Gasteiger partial charge in [-0.1, -0.05) is 51.9 Å². The number of ether oxygens (including phenoxy) is 1. The molecule has 0 aliphatic carbocycles. The van der Waals surface area contributed by atoms with Gasteiger partial charge in [-0.05, 0) is 18.6 Å². The van der Waals surface area contributed by atoms with Crippen LogP contribution in [-0.4, -0.2) is 21.9 Å². The fourth-order valence-electron chi connectivity index (χ4n) is 4.10. The van der Waals surface area contributed by atoms with Crippen LogP contribution in [0.2, 0.25) is 0 Å². The highest BCUT2D eigenvalue weighted by molar-refractivity contribution is 6.22. The molecule has 3 N–H and O–H groups in total. The first-order valence-electron chi connectivity index (χ1n) is 11.0. The van der Waals surface area contributed by atoms with Gasteiger partial charge in [0.05, 0.1) is 17.4 Å². The molecule has 8 nitrogen and oxygen atoms in total. The van der Waals surface area contributed by atoms with Crippen LogP contribution in [0.15, 0.2) is 30.6 Å². The summed E-state index contributed by atoms with van der Waals surface area (Å²) >= 11 is 0. The topological polar surface area (TPSA) is 130 Å². The Balaban J connectivity index is 1.62. The summed E-state index contributed by atoms with van der Waals surface area (Å²) in [6.07, 6.45) is 9.03. The zero-order chi connectivity index (χ0) is 22.8. The lowest BCUT2D eigenvalue weighted by Crippen LogP contribution is -2.08. The van der Waals surface area contributed by atoms with E-state index < -0.39 is 28.5 Å². The zero-order valence-electron chi connectivity index (χ0n) is 17.9. The van der Waals surface area contributed by atoms with E-state index in [1.165, 1.54) is 38.2 Å². The van der Waals surface area contributed by atoms with Crippen molar-refractivity contribution in [1.29, 1.82) is 0 Å². The summed E-state index contributed by atoms with van der Waals surface area (Å²) in [5.74, 6) is -1.68. The van der Waals surface area contributed by atoms with Crippen molar-refractivity contribution in [3.05, 3.63) is 33.0 Å². The molecular weight excluding hydrogens is 416 g/mol. The van der Waals surface area contributed by atoms with Crippen LogP contribution in [0.3, 0.4) is 0 Å². The molecule has 0 bridgehead atoms. The second kappa shape index (κ2) is 8.98. The lowest BCUT2D eigenvalue weighted by molar-refractivity contribution is 0.288. The number of rotatable bonds is 10. The third-order valence-corrected chi connectivity index (χ3v) is 5.79. The van der Waals surface area contributed by atoms with Crippen molar-refractivity contribution < 1.29 is 28.9 Å². The molecule has 4 aromatic rings. The summed E-state index contributed by atoms with van der Waals surface area (Å²) < 4.78 is 16.1. The third kappa shape index (κ3) is 3.81. The Morgan fingerprint density at radius 1 is 0.750 bits per heavy atom. The Hall–Kier alpha value is -3.42. The van der Waals surface area contributed by atoms with Gasteiger partial charge in [-0.3, -0.25) is 0 Å². The van der Waals surface area contributed by atoms with Crippen molar-refractivity contribution >= 4 is 32.7 Å². The van der Waals surface area contributed by atoms with Gasteiger partial charge in [0.2, 0.25) is 11.5 Å². The van der Waals surface area contributed by atoms with E-state index in [0.29, 0.717) is 6.61 Å². The van der Waals surface area contributed by atoms with E-state index in [0.717, 1.165) is 25.3 Å². The molecule has 8 heteroatoms. The van der Waals surface area contributed by atoms with Gasteiger partial charge in [0.25, 0.3) is 0 Å². The number of aromatic hydroxyl groups is 3. The van der Waals surface area contributed by atoms with Crippen molar-refractivity contribution in [2.45, 2.75) is 58.3 Å². The van der Waals surface area contributed by atoms with Gasteiger partial charge < -0.3 is 28.9 Å². The highest BCUT2D eigenvalue weighted by atomic mass is 16.5.